The summed E-state index contributed by atoms with van der Waals surface area (Å²) in [4.78, 5) is 77.5. The van der Waals surface area contributed by atoms with E-state index in [4.69, 9.17) is 0 Å². The highest BCUT2D eigenvalue weighted by Gasteiger charge is 2.47. The Morgan fingerprint density at radius 3 is 2.23 bits per heavy atom. The number of rotatable bonds is 15. The summed E-state index contributed by atoms with van der Waals surface area (Å²) in [7, 11) is 0. The highest BCUT2D eigenvalue weighted by Crippen LogP contribution is 2.33. The molecular weight excluding hydrogens is 683 g/mol. The zero-order valence-corrected chi connectivity index (χ0v) is 30.7. The number of nitrogens with one attached hydrogen (secondary N) is 4. The fourth-order valence-electron chi connectivity index (χ4n) is 6.75. The lowest BCUT2D eigenvalue weighted by Gasteiger charge is -2.38. The zero-order valence-electron chi connectivity index (χ0n) is 30.7. The van der Waals surface area contributed by atoms with E-state index in [0.717, 1.165) is 19.3 Å². The van der Waals surface area contributed by atoms with Crippen molar-refractivity contribution in [1.82, 2.24) is 36.1 Å². The lowest BCUT2D eigenvalue weighted by Crippen LogP contribution is -2.62. The molecule has 16 heteroatoms. The second kappa shape index (κ2) is 18.6. The molecule has 0 bridgehead atoms. The van der Waals surface area contributed by atoms with Crippen LogP contribution in [0.15, 0.2) is 31.2 Å². The molecule has 6 atom stereocenters. The summed E-state index contributed by atoms with van der Waals surface area (Å²) in [5, 5.41) is 21.2. The van der Waals surface area contributed by atoms with Crippen molar-refractivity contribution in [2.75, 3.05) is 13.1 Å². The number of carbonyl (C=O) groups excluding carboxylic acids is 5. The van der Waals surface area contributed by atoms with E-state index in [1.165, 1.54) is 29.6 Å². The Labute approximate surface area is 303 Å². The molecule has 2 unspecified atom stereocenters. The highest BCUT2D eigenvalue weighted by atomic mass is 19.4. The molecule has 2 aliphatic rings. The van der Waals surface area contributed by atoms with Gasteiger partial charge in [-0.15, -0.1) is 6.58 Å². The summed E-state index contributed by atoms with van der Waals surface area (Å²) in [5.74, 6) is -3.92. The summed E-state index contributed by atoms with van der Waals surface area (Å²) in [6.45, 7) is 12.6. The average Bonchev–Trinajstić information content (AvgIpc) is 3.56. The van der Waals surface area contributed by atoms with Gasteiger partial charge in [0.2, 0.25) is 17.7 Å². The summed E-state index contributed by atoms with van der Waals surface area (Å²) in [5.41, 5.74) is -0.855. The maximum absolute atomic E-state index is 14.5. The van der Waals surface area contributed by atoms with E-state index < -0.39 is 84.2 Å². The van der Waals surface area contributed by atoms with E-state index in [2.05, 4.69) is 37.8 Å². The third kappa shape index (κ3) is 12.0. The van der Waals surface area contributed by atoms with Gasteiger partial charge in [0.15, 0.2) is 6.10 Å². The lowest BCUT2D eigenvalue weighted by atomic mass is 9.82. The van der Waals surface area contributed by atoms with E-state index in [-0.39, 0.29) is 43.0 Å². The van der Waals surface area contributed by atoms with Gasteiger partial charge in [0.1, 0.15) is 23.8 Å². The summed E-state index contributed by atoms with van der Waals surface area (Å²) >= 11 is 0. The molecule has 2 heterocycles. The Morgan fingerprint density at radius 2 is 1.67 bits per heavy atom. The number of aliphatic hydroxyl groups is 1. The van der Waals surface area contributed by atoms with Gasteiger partial charge in [0, 0.05) is 31.9 Å². The van der Waals surface area contributed by atoms with Crippen LogP contribution in [0.4, 0.5) is 13.2 Å². The number of likely N-dealkylation sites (tertiary alicyclic amines) is 1. The molecule has 1 aliphatic carbocycles. The quantitative estimate of drug-likeness (QED) is 0.170. The van der Waals surface area contributed by atoms with Crippen LogP contribution in [0, 0.1) is 23.2 Å². The summed E-state index contributed by atoms with van der Waals surface area (Å²) in [6, 6.07) is -4.93. The second-order valence-electron chi connectivity index (χ2n) is 15.2. The van der Waals surface area contributed by atoms with Crippen LogP contribution in [0.25, 0.3) is 0 Å². The molecular formula is C36H54F3N7O6. The van der Waals surface area contributed by atoms with Crippen molar-refractivity contribution in [3.63, 3.8) is 0 Å². The standard InChI is InChI=1S/C36H54F3N7O6/c1-7-15-42-33(51)28(47)24(13-14-36(37,38)39)43-31(49)26-18-23(21(2)3)20-46(26)34(52)29(35(4,5)6)45-32(50)27(22-11-9-8-10-12-22)44-30(48)25-19-40-16-17-41-25/h7,16-17,19,21-24,26-29,47H,1,8-15,18,20H2,2-6H3,(H,42,51)(H,43,49)(H,44,48)(H,45,50)/t23-,24?,26+,27+,28?,29-/m1/s1. The van der Waals surface area contributed by atoms with Gasteiger partial charge in [-0.3, -0.25) is 29.0 Å². The lowest BCUT2D eigenvalue weighted by molar-refractivity contribution is -0.147. The first-order valence-electron chi connectivity index (χ1n) is 18.0. The molecule has 1 aromatic heterocycles. The molecule has 1 aromatic rings. The summed E-state index contributed by atoms with van der Waals surface area (Å²) < 4.78 is 39.7. The molecule has 5 amide bonds. The summed E-state index contributed by atoms with van der Waals surface area (Å²) in [6.07, 6.45) is 0.883. The number of aromatic nitrogens is 2. The molecule has 0 aromatic carbocycles. The fraction of sp³-hybridized carbons (Fsp3) is 0.694. The number of nitrogens with zero attached hydrogens (tertiary/aromatic N) is 3. The highest BCUT2D eigenvalue weighted by molar-refractivity contribution is 5.98. The van der Waals surface area contributed by atoms with Crippen LogP contribution in [-0.4, -0.2) is 99.0 Å². The first-order chi connectivity index (χ1) is 24.3. The first kappa shape index (κ1) is 42.3. The van der Waals surface area contributed by atoms with Crippen molar-refractivity contribution in [2.24, 2.45) is 23.2 Å². The van der Waals surface area contributed by atoms with Gasteiger partial charge in [-0.2, -0.15) is 13.2 Å². The third-order valence-corrected chi connectivity index (χ3v) is 9.88. The van der Waals surface area contributed by atoms with Gasteiger partial charge in [-0.1, -0.05) is 60.0 Å². The number of carbonyl (C=O) groups is 5. The van der Waals surface area contributed by atoms with E-state index in [9.17, 15) is 42.3 Å². The van der Waals surface area contributed by atoms with Crippen molar-refractivity contribution in [1.29, 1.82) is 0 Å². The number of hydrogen-bond acceptors (Lipinski definition) is 8. The molecule has 52 heavy (non-hydrogen) atoms. The molecule has 3 rings (SSSR count). The maximum Gasteiger partial charge on any atom is 0.389 e. The molecule has 2 fully saturated rings. The van der Waals surface area contributed by atoms with E-state index in [0.29, 0.717) is 12.8 Å². The monoisotopic (exact) mass is 737 g/mol. The first-order valence-corrected chi connectivity index (χ1v) is 18.0. The topological polar surface area (TPSA) is 183 Å². The number of hydrogen-bond donors (Lipinski definition) is 5. The van der Waals surface area contributed by atoms with Crippen molar-refractivity contribution in [3.8, 4) is 0 Å². The van der Waals surface area contributed by atoms with E-state index in [1.54, 1.807) is 20.8 Å². The molecule has 0 radical (unpaired) electrons. The number of amides is 5. The van der Waals surface area contributed by atoms with Gasteiger partial charge in [0.25, 0.3) is 11.8 Å². The minimum Gasteiger partial charge on any atom is -0.381 e. The fourth-order valence-corrected chi connectivity index (χ4v) is 6.75. The number of alkyl halides is 3. The minimum absolute atomic E-state index is 0.0130. The number of aliphatic hydroxyl groups excluding tert-OH is 1. The van der Waals surface area contributed by atoms with Gasteiger partial charge < -0.3 is 31.3 Å². The molecule has 290 valence electrons. The maximum atomic E-state index is 14.5. The smallest absolute Gasteiger partial charge is 0.381 e. The van der Waals surface area contributed by atoms with Crippen LogP contribution in [-0.2, 0) is 19.2 Å². The third-order valence-electron chi connectivity index (χ3n) is 9.88. The van der Waals surface area contributed by atoms with Crippen molar-refractivity contribution < 1.29 is 42.3 Å². The van der Waals surface area contributed by atoms with E-state index in [1.807, 2.05) is 13.8 Å². The molecule has 13 nitrogen and oxygen atoms in total. The van der Waals surface area contributed by atoms with E-state index >= 15 is 0 Å². The zero-order chi connectivity index (χ0) is 38.8. The van der Waals surface area contributed by atoms with Crippen LogP contribution < -0.4 is 21.3 Å². The van der Waals surface area contributed by atoms with Gasteiger partial charge in [-0.05, 0) is 48.9 Å². The normalized spacial score (nSPS) is 20.7. The largest absolute Gasteiger partial charge is 0.389 e. The second-order valence-corrected chi connectivity index (χ2v) is 15.2. The Balaban J connectivity index is 1.90. The molecule has 5 N–H and O–H groups in total. The SMILES string of the molecule is C=CCNC(=O)C(O)C(CCC(F)(F)F)NC(=O)[C@@H]1C[C@@H](C(C)C)CN1C(=O)[C@@H](NC(=O)[C@@H](NC(=O)c1cnccn1)C1CCCCC1)C(C)(C)C. The molecule has 1 saturated carbocycles. The van der Waals surface area contributed by atoms with Gasteiger partial charge in [0.05, 0.1) is 12.2 Å². The van der Waals surface area contributed by atoms with Crippen LogP contribution >= 0.6 is 0 Å². The Hall–Kier alpha value is -4.08. The van der Waals surface area contributed by atoms with Crippen molar-refractivity contribution >= 4 is 29.5 Å². The molecule has 1 aliphatic heterocycles. The van der Waals surface area contributed by atoms with Crippen molar-refractivity contribution in [2.45, 2.75) is 122 Å². The molecule has 0 spiro atoms. The average molecular weight is 738 g/mol. The predicted octanol–water partition coefficient (Wildman–Crippen LogP) is 3.05. The Morgan fingerprint density at radius 1 is 1.00 bits per heavy atom. The van der Waals surface area contributed by atoms with Crippen LogP contribution in [0.5, 0.6) is 0 Å². The Kier molecular flexibility index (Phi) is 15.1. The van der Waals surface area contributed by atoms with Crippen LogP contribution in [0.2, 0.25) is 0 Å². The van der Waals surface area contributed by atoms with Crippen LogP contribution in [0.3, 0.4) is 0 Å². The van der Waals surface area contributed by atoms with Crippen molar-refractivity contribution in [3.05, 3.63) is 36.9 Å². The van der Waals surface area contributed by atoms with Gasteiger partial charge in [-0.25, -0.2) is 4.98 Å². The molecule has 1 saturated heterocycles. The predicted molar refractivity (Wildman–Crippen MR) is 186 cm³/mol. The van der Waals surface area contributed by atoms with Crippen LogP contribution in [0.1, 0.15) is 96.5 Å². The minimum atomic E-state index is -4.63. The Bertz CT molecular complexity index is 1400. The van der Waals surface area contributed by atoms with Gasteiger partial charge >= 0.3 is 6.18 Å². The number of halogens is 3.